The number of anilines is 1. The minimum atomic E-state index is -4.39. The molecule has 0 unspecified atom stereocenters. The number of nitrogens with zero attached hydrogens (tertiary/aromatic N) is 1. The van der Waals surface area contributed by atoms with E-state index >= 15 is 0 Å². The Morgan fingerprint density at radius 1 is 1.19 bits per heavy atom. The van der Waals surface area contributed by atoms with E-state index in [1.807, 2.05) is 0 Å². The molecule has 26 heavy (non-hydrogen) atoms. The molecule has 2 aromatic rings. The number of rotatable bonds is 4. The van der Waals surface area contributed by atoms with Gasteiger partial charge in [0.05, 0.1) is 5.56 Å². The fourth-order valence-electron chi connectivity index (χ4n) is 2.89. The lowest BCUT2D eigenvalue weighted by Crippen LogP contribution is -2.40. The molecule has 1 fully saturated rings. The van der Waals surface area contributed by atoms with Crippen molar-refractivity contribution in [3.05, 3.63) is 44.6 Å². The van der Waals surface area contributed by atoms with Crippen LogP contribution in [0.4, 0.5) is 19.0 Å². The summed E-state index contributed by atoms with van der Waals surface area (Å²) in [6.45, 7) is 0. The molecule has 0 bridgehead atoms. The number of pyridine rings is 1. The molecule has 1 amide bonds. The van der Waals surface area contributed by atoms with Crippen molar-refractivity contribution in [2.75, 3.05) is 5.32 Å². The Labute approximate surface area is 150 Å². The van der Waals surface area contributed by atoms with Gasteiger partial charge >= 0.3 is 11.0 Å². The Morgan fingerprint density at radius 2 is 1.88 bits per heavy atom. The van der Waals surface area contributed by atoms with Crippen LogP contribution in [-0.2, 0) is 6.18 Å². The van der Waals surface area contributed by atoms with E-state index in [-0.39, 0.29) is 28.6 Å². The highest BCUT2D eigenvalue weighted by Gasteiger charge is 2.31. The van der Waals surface area contributed by atoms with Crippen LogP contribution in [0.3, 0.4) is 0 Å². The summed E-state index contributed by atoms with van der Waals surface area (Å²) < 4.78 is 37.6. The number of hydrogen-bond acceptors (Lipinski definition) is 5. The van der Waals surface area contributed by atoms with E-state index in [4.69, 9.17) is 0 Å². The van der Waals surface area contributed by atoms with E-state index in [2.05, 4.69) is 20.6 Å². The van der Waals surface area contributed by atoms with E-state index in [0.29, 0.717) is 5.82 Å². The molecule has 0 atom stereocenters. The maximum absolute atomic E-state index is 12.5. The van der Waals surface area contributed by atoms with Gasteiger partial charge in [0, 0.05) is 23.7 Å². The van der Waals surface area contributed by atoms with Gasteiger partial charge in [-0.05, 0) is 37.8 Å². The van der Waals surface area contributed by atoms with Gasteiger partial charge < -0.3 is 15.6 Å². The van der Waals surface area contributed by atoms with E-state index in [1.165, 1.54) is 11.4 Å². The Kier molecular flexibility index (Phi) is 5.30. The molecule has 0 aliphatic heterocycles. The minimum absolute atomic E-state index is 0.00418. The third-order valence-corrected chi connectivity index (χ3v) is 4.94. The van der Waals surface area contributed by atoms with Gasteiger partial charge in [-0.2, -0.15) is 13.2 Å². The zero-order valence-electron chi connectivity index (χ0n) is 13.6. The van der Waals surface area contributed by atoms with Crippen LogP contribution < -0.4 is 15.5 Å². The highest BCUT2D eigenvalue weighted by atomic mass is 32.1. The average Bonchev–Trinajstić information content (AvgIpc) is 3.03. The normalized spacial score (nSPS) is 20.6. The van der Waals surface area contributed by atoms with E-state index < -0.39 is 11.7 Å². The zero-order chi connectivity index (χ0) is 18.7. The fourth-order valence-corrected chi connectivity index (χ4v) is 3.45. The average molecular weight is 386 g/mol. The number of aromatic nitrogens is 2. The molecule has 0 saturated heterocycles. The molecule has 0 spiro atoms. The van der Waals surface area contributed by atoms with Gasteiger partial charge in [-0.15, -0.1) is 0 Å². The molecule has 0 radical (unpaired) electrons. The minimum Gasteiger partial charge on any atom is -0.367 e. The molecule has 1 aliphatic rings. The summed E-state index contributed by atoms with van der Waals surface area (Å²) in [6.07, 6.45) is -0.594. The smallest absolute Gasteiger partial charge is 0.367 e. The summed E-state index contributed by atoms with van der Waals surface area (Å²) in [6, 6.07) is 2.42. The van der Waals surface area contributed by atoms with E-state index in [0.717, 1.165) is 49.3 Å². The zero-order valence-corrected chi connectivity index (χ0v) is 14.4. The lowest BCUT2D eigenvalue weighted by molar-refractivity contribution is -0.137. The summed E-state index contributed by atoms with van der Waals surface area (Å²) in [5.41, 5.74) is -0.518. The largest absolute Gasteiger partial charge is 0.417 e. The monoisotopic (exact) mass is 386 g/mol. The molecule has 3 N–H and O–H groups in total. The van der Waals surface area contributed by atoms with Gasteiger partial charge in [0.25, 0.3) is 5.91 Å². The molecule has 6 nitrogen and oxygen atoms in total. The SMILES string of the molecule is O=C(NC1CCC(Nc2ccc(C(F)(F)F)cn2)CC1)c1csc(=O)[nH]1. The van der Waals surface area contributed by atoms with E-state index in [1.54, 1.807) is 0 Å². The van der Waals surface area contributed by atoms with Crippen molar-refractivity contribution in [2.45, 2.75) is 43.9 Å². The van der Waals surface area contributed by atoms with Crippen molar-refractivity contribution in [2.24, 2.45) is 0 Å². The third kappa shape index (κ3) is 4.63. The van der Waals surface area contributed by atoms with Crippen LogP contribution >= 0.6 is 11.3 Å². The second kappa shape index (κ2) is 7.48. The van der Waals surface area contributed by atoms with Crippen LogP contribution in [0.25, 0.3) is 0 Å². The van der Waals surface area contributed by atoms with Crippen molar-refractivity contribution in [3.8, 4) is 0 Å². The summed E-state index contributed by atoms with van der Waals surface area (Å²) in [4.78, 5) is 29.1. The Balaban J connectivity index is 1.48. The number of H-pyrrole nitrogens is 1. The first-order valence-corrected chi connectivity index (χ1v) is 8.97. The van der Waals surface area contributed by atoms with Crippen molar-refractivity contribution in [1.82, 2.24) is 15.3 Å². The van der Waals surface area contributed by atoms with Crippen LogP contribution in [0.15, 0.2) is 28.5 Å². The number of thiazole rings is 1. The first-order valence-electron chi connectivity index (χ1n) is 8.10. The van der Waals surface area contributed by atoms with Crippen molar-refractivity contribution >= 4 is 23.1 Å². The molecular weight excluding hydrogens is 369 g/mol. The molecule has 2 heterocycles. The summed E-state index contributed by atoms with van der Waals surface area (Å²) in [5, 5.41) is 7.50. The molecule has 1 saturated carbocycles. The topological polar surface area (TPSA) is 86.9 Å². The molecule has 1 aliphatic carbocycles. The van der Waals surface area contributed by atoms with Gasteiger partial charge in [-0.1, -0.05) is 11.3 Å². The number of halogens is 3. The standard InChI is InChI=1S/C16H17F3N4O2S/c17-16(18,19)9-1-6-13(20-7-9)21-10-2-4-11(5-3-10)22-14(24)12-8-26-15(25)23-12/h1,6-8,10-11H,2-5H2,(H,20,21)(H,22,24)(H,23,25). The number of nitrogens with one attached hydrogen (secondary N) is 3. The maximum Gasteiger partial charge on any atom is 0.417 e. The summed E-state index contributed by atoms with van der Waals surface area (Å²) in [7, 11) is 0. The molecule has 10 heteroatoms. The third-order valence-electron chi connectivity index (χ3n) is 4.27. The number of carbonyl (C=O) groups excluding carboxylic acids is 1. The lowest BCUT2D eigenvalue weighted by atomic mass is 9.91. The second-order valence-electron chi connectivity index (χ2n) is 6.16. The first-order chi connectivity index (χ1) is 12.3. The summed E-state index contributed by atoms with van der Waals surface area (Å²) >= 11 is 0.940. The quantitative estimate of drug-likeness (QED) is 0.754. The van der Waals surface area contributed by atoms with Gasteiger partial charge in [-0.25, -0.2) is 4.98 Å². The molecule has 140 valence electrons. The number of amides is 1. The molecule has 2 aromatic heterocycles. The van der Waals surface area contributed by atoms with E-state index in [9.17, 15) is 22.8 Å². The molecule has 0 aromatic carbocycles. The van der Waals surface area contributed by atoms with Crippen molar-refractivity contribution in [1.29, 1.82) is 0 Å². The Morgan fingerprint density at radius 3 is 2.42 bits per heavy atom. The van der Waals surface area contributed by atoms with Gasteiger partial charge in [0.1, 0.15) is 11.5 Å². The van der Waals surface area contributed by atoms with Gasteiger partial charge in [0.15, 0.2) is 0 Å². The number of hydrogen-bond donors (Lipinski definition) is 3. The molecule has 3 rings (SSSR count). The van der Waals surface area contributed by atoms with Crippen LogP contribution in [0.2, 0.25) is 0 Å². The van der Waals surface area contributed by atoms with Gasteiger partial charge in [-0.3, -0.25) is 9.59 Å². The van der Waals surface area contributed by atoms with Crippen molar-refractivity contribution in [3.63, 3.8) is 0 Å². The number of aromatic amines is 1. The summed E-state index contributed by atoms with van der Waals surface area (Å²) in [5.74, 6) is 0.102. The first kappa shape index (κ1) is 18.4. The predicted molar refractivity (Wildman–Crippen MR) is 91.3 cm³/mol. The maximum atomic E-state index is 12.5. The van der Waals surface area contributed by atoms with Gasteiger partial charge in [0.2, 0.25) is 0 Å². The second-order valence-corrected chi connectivity index (χ2v) is 7.00. The number of carbonyl (C=O) groups is 1. The Bertz CT molecular complexity index is 808. The Hall–Kier alpha value is -2.36. The predicted octanol–water partition coefficient (Wildman–Crippen LogP) is 3.00. The van der Waals surface area contributed by atoms with Crippen LogP contribution in [-0.4, -0.2) is 28.0 Å². The highest BCUT2D eigenvalue weighted by molar-refractivity contribution is 7.07. The van der Waals surface area contributed by atoms with Crippen molar-refractivity contribution < 1.29 is 18.0 Å². The highest BCUT2D eigenvalue weighted by Crippen LogP contribution is 2.29. The lowest BCUT2D eigenvalue weighted by Gasteiger charge is -2.29. The molecular formula is C16H17F3N4O2S. The number of alkyl halides is 3. The fraction of sp³-hybridized carbons (Fsp3) is 0.438. The van der Waals surface area contributed by atoms with Crippen LogP contribution in [0.1, 0.15) is 41.7 Å². The van der Waals surface area contributed by atoms with Crippen LogP contribution in [0, 0.1) is 0 Å². The van der Waals surface area contributed by atoms with Crippen LogP contribution in [0.5, 0.6) is 0 Å².